The molecule has 1 aliphatic rings. The van der Waals surface area contributed by atoms with Crippen LogP contribution < -0.4 is 10.3 Å². The van der Waals surface area contributed by atoms with Crippen LogP contribution >= 0.6 is 35.3 Å². The van der Waals surface area contributed by atoms with Crippen molar-refractivity contribution in [2.45, 2.75) is 24.9 Å². The summed E-state index contributed by atoms with van der Waals surface area (Å²) in [6.07, 6.45) is 2.07. The summed E-state index contributed by atoms with van der Waals surface area (Å²) in [5, 5.41) is 0.455. The van der Waals surface area contributed by atoms with Gasteiger partial charge >= 0.3 is 0 Å². The summed E-state index contributed by atoms with van der Waals surface area (Å²) in [6, 6.07) is 17.0. The van der Waals surface area contributed by atoms with Crippen LogP contribution in [0.5, 0.6) is 5.75 Å². The van der Waals surface area contributed by atoms with E-state index in [1.165, 1.54) is 23.1 Å². The Kier molecular flexibility index (Phi) is 7.03. The number of benzene rings is 2. The number of para-hydroxylation sites is 3. The van der Waals surface area contributed by atoms with Crippen LogP contribution in [0, 0.1) is 3.95 Å². The maximum absolute atomic E-state index is 13.8. The van der Waals surface area contributed by atoms with E-state index in [2.05, 4.69) is 0 Å². The molecule has 0 N–H and O–H groups in total. The van der Waals surface area contributed by atoms with Crippen molar-refractivity contribution in [1.29, 1.82) is 0 Å². The molecule has 1 fully saturated rings. The number of fused-ring (bicyclic) bond motifs is 1. The molecular formula is C25H24N4O3S3. The van der Waals surface area contributed by atoms with E-state index in [9.17, 15) is 9.59 Å². The molecule has 180 valence electrons. The number of thiazole rings is 1. The van der Waals surface area contributed by atoms with E-state index in [-0.39, 0.29) is 17.2 Å². The van der Waals surface area contributed by atoms with Crippen molar-refractivity contribution in [3.63, 3.8) is 0 Å². The van der Waals surface area contributed by atoms with Crippen molar-refractivity contribution in [3.05, 3.63) is 68.9 Å². The van der Waals surface area contributed by atoms with Gasteiger partial charge in [0.1, 0.15) is 10.4 Å². The largest absolute Gasteiger partial charge is 0.492 e. The highest BCUT2D eigenvalue weighted by atomic mass is 32.2. The average Bonchev–Trinajstić information content (AvgIpc) is 3.52. The zero-order valence-electron chi connectivity index (χ0n) is 19.2. The van der Waals surface area contributed by atoms with Gasteiger partial charge in [-0.15, -0.1) is 0 Å². The Morgan fingerprint density at radius 2 is 1.80 bits per heavy atom. The molecule has 0 unspecified atom stereocenters. The molecule has 2 aromatic heterocycles. The summed E-state index contributed by atoms with van der Waals surface area (Å²) < 4.78 is 10.2. The highest BCUT2D eigenvalue weighted by Gasteiger charge is 2.23. The van der Waals surface area contributed by atoms with Crippen molar-refractivity contribution in [1.82, 2.24) is 19.0 Å². The van der Waals surface area contributed by atoms with Crippen molar-refractivity contribution in [2.24, 2.45) is 0 Å². The molecule has 35 heavy (non-hydrogen) atoms. The lowest BCUT2D eigenvalue weighted by Crippen LogP contribution is -2.29. The van der Waals surface area contributed by atoms with E-state index in [1.54, 1.807) is 9.13 Å². The van der Waals surface area contributed by atoms with E-state index in [4.69, 9.17) is 21.9 Å². The van der Waals surface area contributed by atoms with E-state index >= 15 is 0 Å². The van der Waals surface area contributed by atoms with Gasteiger partial charge < -0.3 is 9.64 Å². The van der Waals surface area contributed by atoms with Gasteiger partial charge in [0.15, 0.2) is 14.8 Å². The first-order valence-electron chi connectivity index (χ1n) is 11.4. The monoisotopic (exact) mass is 524 g/mol. The maximum atomic E-state index is 13.8. The molecule has 1 amide bonds. The summed E-state index contributed by atoms with van der Waals surface area (Å²) in [5.74, 6) is 0.939. The summed E-state index contributed by atoms with van der Waals surface area (Å²) in [6.45, 7) is 4.00. The fourth-order valence-corrected chi connectivity index (χ4v) is 6.35. The summed E-state index contributed by atoms with van der Waals surface area (Å²) in [5.41, 5.74) is 1.70. The number of hydrogen-bond acceptors (Lipinski definition) is 7. The van der Waals surface area contributed by atoms with Crippen molar-refractivity contribution < 1.29 is 9.53 Å². The van der Waals surface area contributed by atoms with Gasteiger partial charge in [-0.05, 0) is 56.2 Å². The maximum Gasteiger partial charge on any atom is 0.278 e. The molecule has 1 aliphatic heterocycles. The Labute approximate surface area is 216 Å². The lowest BCUT2D eigenvalue weighted by molar-refractivity contribution is -0.127. The number of ether oxygens (including phenoxy) is 1. The van der Waals surface area contributed by atoms with Gasteiger partial charge in [0, 0.05) is 13.1 Å². The van der Waals surface area contributed by atoms with Crippen molar-refractivity contribution in [3.8, 4) is 17.1 Å². The summed E-state index contributed by atoms with van der Waals surface area (Å²) in [4.78, 5) is 33.4. The molecule has 0 spiro atoms. The SMILES string of the molecule is CCOc1ccccc1-n1c(=S)sc2c(=O)n(-c3ccccc3)c(SCC(=O)N3CCCC3)nc21. The van der Waals surface area contributed by atoms with Crippen LogP contribution in [0.4, 0.5) is 0 Å². The van der Waals surface area contributed by atoms with Gasteiger partial charge in [-0.3, -0.25) is 18.7 Å². The Morgan fingerprint density at radius 1 is 1.09 bits per heavy atom. The smallest absolute Gasteiger partial charge is 0.278 e. The number of likely N-dealkylation sites (tertiary alicyclic amines) is 1. The molecule has 0 bridgehead atoms. The second-order valence-corrected chi connectivity index (χ2v) is 10.6. The van der Waals surface area contributed by atoms with E-state index in [1.807, 2.05) is 66.4 Å². The van der Waals surface area contributed by atoms with E-state index < -0.39 is 0 Å². The fourth-order valence-electron chi connectivity index (χ4n) is 4.15. The average molecular weight is 525 g/mol. The predicted molar refractivity (Wildman–Crippen MR) is 143 cm³/mol. The second kappa shape index (κ2) is 10.3. The third-order valence-electron chi connectivity index (χ3n) is 5.78. The van der Waals surface area contributed by atoms with Gasteiger partial charge in [0.2, 0.25) is 5.91 Å². The molecule has 0 radical (unpaired) electrons. The van der Waals surface area contributed by atoms with Crippen LogP contribution in [0.2, 0.25) is 0 Å². The number of amides is 1. The number of rotatable bonds is 7. The lowest BCUT2D eigenvalue weighted by atomic mass is 10.3. The lowest BCUT2D eigenvalue weighted by Gasteiger charge is -2.16. The minimum atomic E-state index is -0.207. The summed E-state index contributed by atoms with van der Waals surface area (Å²) in [7, 11) is 0. The number of carbonyl (C=O) groups excluding carboxylic acids is 1. The number of thioether (sulfide) groups is 1. The number of nitrogens with zero attached hydrogens (tertiary/aromatic N) is 4. The van der Waals surface area contributed by atoms with Crippen molar-refractivity contribution >= 4 is 51.6 Å². The number of hydrogen-bond donors (Lipinski definition) is 0. The molecule has 0 atom stereocenters. The zero-order chi connectivity index (χ0) is 24.4. The van der Waals surface area contributed by atoms with Gasteiger partial charge in [-0.2, -0.15) is 0 Å². The first kappa shape index (κ1) is 23.8. The fraction of sp³-hybridized carbons (Fsp3) is 0.280. The number of carbonyl (C=O) groups is 1. The quantitative estimate of drug-likeness (QED) is 0.191. The van der Waals surface area contributed by atoms with Gasteiger partial charge in [-0.25, -0.2) is 4.98 Å². The van der Waals surface area contributed by atoms with E-state index in [0.29, 0.717) is 37.5 Å². The molecule has 4 aromatic rings. The van der Waals surface area contributed by atoms with Gasteiger partial charge in [-0.1, -0.05) is 53.4 Å². The predicted octanol–water partition coefficient (Wildman–Crippen LogP) is 5.08. The summed E-state index contributed by atoms with van der Waals surface area (Å²) >= 11 is 8.20. The topological polar surface area (TPSA) is 69.4 Å². The molecule has 3 heterocycles. The first-order chi connectivity index (χ1) is 17.1. The van der Waals surface area contributed by atoms with Gasteiger partial charge in [0.05, 0.1) is 23.7 Å². The molecule has 1 saturated heterocycles. The van der Waals surface area contributed by atoms with Crippen LogP contribution in [-0.2, 0) is 4.79 Å². The van der Waals surface area contributed by atoms with Crippen LogP contribution in [0.15, 0.2) is 64.5 Å². The minimum Gasteiger partial charge on any atom is -0.492 e. The molecule has 10 heteroatoms. The van der Waals surface area contributed by atoms with Crippen LogP contribution in [-0.4, -0.2) is 50.4 Å². The normalized spacial score (nSPS) is 13.5. The highest BCUT2D eigenvalue weighted by molar-refractivity contribution is 7.99. The Bertz CT molecular complexity index is 1490. The molecule has 2 aromatic carbocycles. The molecule has 5 rings (SSSR count). The first-order valence-corrected chi connectivity index (χ1v) is 13.7. The molecule has 0 saturated carbocycles. The van der Waals surface area contributed by atoms with Crippen LogP contribution in [0.25, 0.3) is 21.7 Å². The standard InChI is InChI=1S/C25H24N4O3S3/c1-2-32-19-13-7-6-12-18(19)29-22-21(35-25(29)33)23(31)28(17-10-4-3-5-11-17)24(26-22)34-16-20(30)27-14-8-9-15-27/h3-7,10-13H,2,8-9,14-16H2,1H3. The number of aromatic nitrogens is 3. The van der Waals surface area contributed by atoms with Crippen LogP contribution in [0.1, 0.15) is 19.8 Å². The second-order valence-electron chi connectivity index (χ2n) is 8.00. The van der Waals surface area contributed by atoms with Crippen LogP contribution in [0.3, 0.4) is 0 Å². The Hall–Kier alpha value is -2.95. The Morgan fingerprint density at radius 3 is 2.54 bits per heavy atom. The zero-order valence-corrected chi connectivity index (χ0v) is 21.6. The van der Waals surface area contributed by atoms with E-state index in [0.717, 1.165) is 31.6 Å². The molecular weight excluding hydrogens is 501 g/mol. The molecule has 0 aliphatic carbocycles. The molecule has 7 nitrogen and oxygen atoms in total. The third-order valence-corrected chi connectivity index (χ3v) is 8.06. The highest BCUT2D eigenvalue weighted by Crippen LogP contribution is 2.31. The Balaban J connectivity index is 1.67. The van der Waals surface area contributed by atoms with Crippen molar-refractivity contribution in [2.75, 3.05) is 25.4 Å². The minimum absolute atomic E-state index is 0.0605. The third kappa shape index (κ3) is 4.65. The van der Waals surface area contributed by atoms with Gasteiger partial charge in [0.25, 0.3) is 5.56 Å².